The van der Waals surface area contributed by atoms with Crippen LogP contribution in [0.4, 0.5) is 0 Å². The highest BCUT2D eigenvalue weighted by Gasteiger charge is 2.13. The van der Waals surface area contributed by atoms with Crippen LogP contribution in [0.3, 0.4) is 0 Å². The zero-order chi connectivity index (χ0) is 14.7. The smallest absolute Gasteiger partial charge is 0.218 e. The van der Waals surface area contributed by atoms with Gasteiger partial charge in [0.05, 0.1) is 5.69 Å². The van der Waals surface area contributed by atoms with Crippen molar-refractivity contribution >= 4 is 11.8 Å². The van der Waals surface area contributed by atoms with Crippen molar-refractivity contribution < 1.29 is 0 Å². The van der Waals surface area contributed by atoms with Crippen LogP contribution in [0.2, 0.25) is 0 Å². The molecule has 0 spiro atoms. The van der Waals surface area contributed by atoms with Crippen molar-refractivity contribution in [2.75, 3.05) is 0 Å². The fraction of sp³-hybridized carbons (Fsp3) is 0.133. The lowest BCUT2D eigenvalue weighted by molar-refractivity contribution is 0.755. The topological polar surface area (TPSA) is 69.6 Å². The van der Waals surface area contributed by atoms with Crippen LogP contribution in [0, 0.1) is 0 Å². The molecule has 0 aliphatic heterocycles. The predicted octanol–water partition coefficient (Wildman–Crippen LogP) is 2.83. The molecule has 3 aromatic rings. The van der Waals surface area contributed by atoms with Crippen molar-refractivity contribution in [3.8, 4) is 5.69 Å². The average molecular weight is 297 g/mol. The molecule has 3 rings (SSSR count). The summed E-state index contributed by atoms with van der Waals surface area (Å²) >= 11 is 1.52. The SMILES string of the molecule is C[C@H](N)c1ccccc1Sc1nnnn1-c1ccccc1. The number of nitrogens with two attached hydrogens (primary N) is 1. The van der Waals surface area contributed by atoms with Gasteiger partial charge < -0.3 is 5.73 Å². The summed E-state index contributed by atoms with van der Waals surface area (Å²) in [6.07, 6.45) is 0. The van der Waals surface area contributed by atoms with Crippen molar-refractivity contribution in [1.82, 2.24) is 20.2 Å². The molecule has 1 aromatic heterocycles. The molecule has 0 saturated heterocycles. The highest BCUT2D eigenvalue weighted by atomic mass is 32.2. The van der Waals surface area contributed by atoms with E-state index in [0.29, 0.717) is 5.16 Å². The molecule has 0 fully saturated rings. The maximum Gasteiger partial charge on any atom is 0.218 e. The van der Waals surface area contributed by atoms with E-state index in [0.717, 1.165) is 16.1 Å². The van der Waals surface area contributed by atoms with Gasteiger partial charge in [0.2, 0.25) is 5.16 Å². The molecule has 0 aliphatic carbocycles. The summed E-state index contributed by atoms with van der Waals surface area (Å²) in [5, 5.41) is 12.7. The average Bonchev–Trinajstić information content (AvgIpc) is 2.96. The number of para-hydroxylation sites is 1. The number of nitrogens with zero attached hydrogens (tertiary/aromatic N) is 4. The van der Waals surface area contributed by atoms with Crippen LogP contribution in [0.1, 0.15) is 18.5 Å². The molecule has 1 atom stereocenters. The van der Waals surface area contributed by atoms with Crippen LogP contribution in [0.25, 0.3) is 5.69 Å². The molecule has 21 heavy (non-hydrogen) atoms. The molecule has 0 bridgehead atoms. The second kappa shape index (κ2) is 6.07. The van der Waals surface area contributed by atoms with E-state index in [9.17, 15) is 0 Å². The van der Waals surface area contributed by atoms with E-state index >= 15 is 0 Å². The fourth-order valence-corrected chi connectivity index (χ4v) is 3.04. The Kier molecular flexibility index (Phi) is 3.98. The summed E-state index contributed by atoms with van der Waals surface area (Å²) in [7, 11) is 0. The first-order valence-electron chi connectivity index (χ1n) is 6.62. The lowest BCUT2D eigenvalue weighted by atomic mass is 10.1. The van der Waals surface area contributed by atoms with Crippen LogP contribution in [-0.4, -0.2) is 20.2 Å². The molecule has 2 aromatic carbocycles. The van der Waals surface area contributed by atoms with Gasteiger partial charge in [-0.1, -0.05) is 36.4 Å². The van der Waals surface area contributed by atoms with Gasteiger partial charge in [-0.2, -0.15) is 4.68 Å². The number of tetrazole rings is 1. The monoisotopic (exact) mass is 297 g/mol. The standard InChI is InChI=1S/C15H15N5S/c1-11(16)13-9-5-6-10-14(13)21-15-17-18-19-20(15)12-7-3-2-4-8-12/h2-11H,16H2,1H3/t11-/m0/s1. The summed E-state index contributed by atoms with van der Waals surface area (Å²) in [5.41, 5.74) is 8.04. The van der Waals surface area contributed by atoms with Crippen LogP contribution in [0.5, 0.6) is 0 Å². The van der Waals surface area contributed by atoms with Gasteiger partial charge in [0.1, 0.15) is 0 Å². The molecule has 0 amide bonds. The lowest BCUT2D eigenvalue weighted by Crippen LogP contribution is -2.06. The zero-order valence-corrected chi connectivity index (χ0v) is 12.4. The number of benzene rings is 2. The second-order valence-electron chi connectivity index (χ2n) is 4.64. The molecule has 1 heterocycles. The van der Waals surface area contributed by atoms with E-state index in [1.807, 2.05) is 61.5 Å². The summed E-state index contributed by atoms with van der Waals surface area (Å²) in [4.78, 5) is 1.07. The molecule has 5 nitrogen and oxygen atoms in total. The van der Waals surface area contributed by atoms with Gasteiger partial charge in [-0.05, 0) is 52.9 Å². The third kappa shape index (κ3) is 2.96. The molecule has 6 heteroatoms. The normalized spacial score (nSPS) is 12.3. The Bertz CT molecular complexity index is 724. The molecule has 0 unspecified atom stereocenters. The third-order valence-corrected chi connectivity index (χ3v) is 4.08. The van der Waals surface area contributed by atoms with E-state index in [1.165, 1.54) is 11.8 Å². The third-order valence-electron chi connectivity index (χ3n) is 3.05. The Balaban J connectivity index is 1.96. The van der Waals surface area contributed by atoms with Gasteiger partial charge in [-0.15, -0.1) is 5.10 Å². The minimum Gasteiger partial charge on any atom is -0.324 e. The fourth-order valence-electron chi connectivity index (χ4n) is 2.02. The van der Waals surface area contributed by atoms with Crippen LogP contribution in [-0.2, 0) is 0 Å². The number of hydrogen-bond acceptors (Lipinski definition) is 5. The minimum atomic E-state index is -0.0326. The summed E-state index contributed by atoms with van der Waals surface area (Å²) in [6.45, 7) is 1.97. The molecule has 0 radical (unpaired) electrons. The van der Waals surface area contributed by atoms with Crippen molar-refractivity contribution in [3.63, 3.8) is 0 Å². The lowest BCUT2D eigenvalue weighted by Gasteiger charge is -2.11. The van der Waals surface area contributed by atoms with Gasteiger partial charge in [0.15, 0.2) is 0 Å². The molecular formula is C15H15N5S. The molecule has 0 saturated carbocycles. The molecule has 2 N–H and O–H groups in total. The number of rotatable bonds is 4. The Morgan fingerprint density at radius 3 is 2.52 bits per heavy atom. The van der Waals surface area contributed by atoms with Crippen molar-refractivity contribution in [2.24, 2.45) is 5.73 Å². The van der Waals surface area contributed by atoms with E-state index in [1.54, 1.807) is 4.68 Å². The second-order valence-corrected chi connectivity index (χ2v) is 5.65. The Labute approximate surface area is 127 Å². The summed E-state index contributed by atoms with van der Waals surface area (Å²) in [5.74, 6) is 0. The largest absolute Gasteiger partial charge is 0.324 e. The maximum atomic E-state index is 6.02. The highest BCUT2D eigenvalue weighted by Crippen LogP contribution is 2.31. The van der Waals surface area contributed by atoms with Crippen LogP contribution >= 0.6 is 11.8 Å². The van der Waals surface area contributed by atoms with Crippen LogP contribution in [0.15, 0.2) is 64.6 Å². The Hall–Kier alpha value is -2.18. The number of aromatic nitrogens is 4. The van der Waals surface area contributed by atoms with Gasteiger partial charge in [-0.3, -0.25) is 0 Å². The summed E-state index contributed by atoms with van der Waals surface area (Å²) < 4.78 is 1.72. The van der Waals surface area contributed by atoms with E-state index in [-0.39, 0.29) is 6.04 Å². The Morgan fingerprint density at radius 1 is 1.05 bits per heavy atom. The maximum absolute atomic E-state index is 6.02. The van der Waals surface area contributed by atoms with Gasteiger partial charge in [0.25, 0.3) is 0 Å². The highest BCUT2D eigenvalue weighted by molar-refractivity contribution is 7.99. The number of hydrogen-bond donors (Lipinski definition) is 1. The van der Waals surface area contributed by atoms with Crippen molar-refractivity contribution in [3.05, 3.63) is 60.2 Å². The first kappa shape index (κ1) is 13.8. The van der Waals surface area contributed by atoms with E-state index < -0.39 is 0 Å². The molecular weight excluding hydrogens is 282 g/mol. The summed E-state index contributed by atoms with van der Waals surface area (Å²) in [6, 6.07) is 17.8. The zero-order valence-electron chi connectivity index (χ0n) is 11.5. The van der Waals surface area contributed by atoms with Gasteiger partial charge in [0, 0.05) is 10.9 Å². The van der Waals surface area contributed by atoms with Crippen molar-refractivity contribution in [1.29, 1.82) is 0 Å². The Morgan fingerprint density at radius 2 is 1.76 bits per heavy atom. The van der Waals surface area contributed by atoms with Crippen molar-refractivity contribution in [2.45, 2.75) is 23.0 Å². The van der Waals surface area contributed by atoms with E-state index in [2.05, 4.69) is 15.5 Å². The first-order chi connectivity index (χ1) is 10.3. The molecule has 106 valence electrons. The van der Waals surface area contributed by atoms with Gasteiger partial charge >= 0.3 is 0 Å². The first-order valence-corrected chi connectivity index (χ1v) is 7.43. The van der Waals surface area contributed by atoms with Crippen LogP contribution < -0.4 is 5.73 Å². The minimum absolute atomic E-state index is 0.0326. The predicted molar refractivity (Wildman–Crippen MR) is 82.3 cm³/mol. The molecule has 0 aliphatic rings. The quantitative estimate of drug-likeness (QED) is 0.802. The van der Waals surface area contributed by atoms with E-state index in [4.69, 9.17) is 5.73 Å². The van der Waals surface area contributed by atoms with Gasteiger partial charge in [-0.25, -0.2) is 0 Å².